The first kappa shape index (κ1) is 15.1. The highest BCUT2D eigenvalue weighted by atomic mass is 16.5. The Labute approximate surface area is 125 Å². The molecule has 0 aliphatic rings. The van der Waals surface area contributed by atoms with Gasteiger partial charge in [-0.3, -0.25) is 4.79 Å². The molecule has 2 aromatic carbocycles. The van der Waals surface area contributed by atoms with Crippen molar-refractivity contribution in [1.29, 1.82) is 0 Å². The van der Waals surface area contributed by atoms with E-state index in [4.69, 9.17) is 9.84 Å². The van der Waals surface area contributed by atoms with Gasteiger partial charge in [0.15, 0.2) is 0 Å². The maximum absolute atomic E-state index is 10.6. The van der Waals surface area contributed by atoms with Crippen molar-refractivity contribution in [2.24, 2.45) is 0 Å². The van der Waals surface area contributed by atoms with Crippen LogP contribution in [0.5, 0.6) is 5.75 Å². The Kier molecular flexibility index (Phi) is 4.99. The molecule has 0 radical (unpaired) electrons. The third-order valence-corrected chi connectivity index (χ3v) is 3.31. The van der Waals surface area contributed by atoms with Crippen LogP contribution in [-0.4, -0.2) is 11.1 Å². The fourth-order valence-electron chi connectivity index (χ4n) is 2.06. The molecular weight excluding hydrogens is 264 g/mol. The van der Waals surface area contributed by atoms with E-state index in [2.05, 4.69) is 26.0 Å². The Morgan fingerprint density at radius 2 is 1.76 bits per heavy atom. The zero-order valence-electron chi connectivity index (χ0n) is 12.4. The number of ether oxygens (including phenoxy) is 1. The van der Waals surface area contributed by atoms with Crippen molar-refractivity contribution in [3.05, 3.63) is 65.2 Å². The summed E-state index contributed by atoms with van der Waals surface area (Å²) in [5.41, 5.74) is 3.08. The summed E-state index contributed by atoms with van der Waals surface area (Å²) in [4.78, 5) is 10.6. The van der Waals surface area contributed by atoms with Crippen LogP contribution in [0.4, 0.5) is 0 Å². The Hall–Kier alpha value is -2.29. The van der Waals surface area contributed by atoms with Crippen LogP contribution < -0.4 is 4.74 Å². The molecule has 0 amide bonds. The minimum absolute atomic E-state index is 0.0531. The fourth-order valence-corrected chi connectivity index (χ4v) is 2.06. The molecule has 0 aliphatic carbocycles. The van der Waals surface area contributed by atoms with E-state index >= 15 is 0 Å². The molecule has 0 atom stereocenters. The minimum atomic E-state index is -0.815. The molecule has 110 valence electrons. The Bertz CT molecular complexity index is 600. The lowest BCUT2D eigenvalue weighted by Crippen LogP contribution is -2.01. The fraction of sp³-hybridized carbons (Fsp3) is 0.278. The van der Waals surface area contributed by atoms with Gasteiger partial charge < -0.3 is 9.84 Å². The maximum atomic E-state index is 10.6. The molecule has 0 saturated heterocycles. The van der Waals surface area contributed by atoms with E-state index in [1.54, 1.807) is 0 Å². The van der Waals surface area contributed by atoms with Crippen LogP contribution in [0.25, 0.3) is 0 Å². The van der Waals surface area contributed by atoms with E-state index in [1.807, 2.05) is 36.4 Å². The van der Waals surface area contributed by atoms with Crippen molar-refractivity contribution >= 4 is 5.97 Å². The molecule has 1 N–H and O–H groups in total. The first-order chi connectivity index (χ1) is 10.0. The molecule has 3 heteroatoms. The zero-order valence-corrected chi connectivity index (χ0v) is 12.4. The zero-order chi connectivity index (χ0) is 15.2. The highest BCUT2D eigenvalue weighted by Gasteiger charge is 2.03. The van der Waals surface area contributed by atoms with Crippen LogP contribution in [0.15, 0.2) is 48.5 Å². The van der Waals surface area contributed by atoms with Gasteiger partial charge in [0, 0.05) is 0 Å². The second-order valence-electron chi connectivity index (χ2n) is 5.40. The van der Waals surface area contributed by atoms with Crippen molar-refractivity contribution in [2.75, 3.05) is 0 Å². The number of carboxylic acids is 1. The summed E-state index contributed by atoms with van der Waals surface area (Å²) < 4.78 is 5.79. The molecule has 0 aliphatic heterocycles. The molecule has 0 heterocycles. The third-order valence-electron chi connectivity index (χ3n) is 3.31. The first-order valence-electron chi connectivity index (χ1n) is 7.07. The van der Waals surface area contributed by atoms with Crippen LogP contribution in [0, 0.1) is 0 Å². The van der Waals surface area contributed by atoms with Crippen LogP contribution in [0.1, 0.15) is 36.5 Å². The van der Waals surface area contributed by atoms with Gasteiger partial charge in [0.1, 0.15) is 12.4 Å². The van der Waals surface area contributed by atoms with Crippen LogP contribution in [0.2, 0.25) is 0 Å². The first-order valence-corrected chi connectivity index (χ1v) is 7.07. The van der Waals surface area contributed by atoms with Crippen molar-refractivity contribution in [2.45, 2.75) is 32.8 Å². The van der Waals surface area contributed by atoms with Crippen molar-refractivity contribution < 1.29 is 14.6 Å². The van der Waals surface area contributed by atoms with Gasteiger partial charge in [-0.15, -0.1) is 0 Å². The molecule has 0 unspecified atom stereocenters. The predicted molar refractivity (Wildman–Crippen MR) is 82.6 cm³/mol. The van der Waals surface area contributed by atoms with Crippen molar-refractivity contribution in [3.63, 3.8) is 0 Å². The van der Waals surface area contributed by atoms with Gasteiger partial charge in [0.25, 0.3) is 0 Å². The molecule has 0 saturated carbocycles. The monoisotopic (exact) mass is 284 g/mol. The van der Waals surface area contributed by atoms with E-state index in [0.29, 0.717) is 12.5 Å². The highest BCUT2D eigenvalue weighted by Crippen LogP contribution is 2.21. The smallest absolute Gasteiger partial charge is 0.307 e. The Balaban J connectivity index is 1.96. The van der Waals surface area contributed by atoms with E-state index in [9.17, 15) is 4.79 Å². The summed E-state index contributed by atoms with van der Waals surface area (Å²) in [5, 5.41) is 8.73. The number of hydrogen-bond donors (Lipinski definition) is 1. The summed E-state index contributed by atoms with van der Waals surface area (Å²) in [7, 11) is 0. The van der Waals surface area contributed by atoms with E-state index in [-0.39, 0.29) is 6.42 Å². The minimum Gasteiger partial charge on any atom is -0.489 e. The van der Waals surface area contributed by atoms with Crippen molar-refractivity contribution in [1.82, 2.24) is 0 Å². The largest absolute Gasteiger partial charge is 0.489 e. The average molecular weight is 284 g/mol. The molecular formula is C18H20O3. The SMILES string of the molecule is CC(C)c1cccc(OCc2ccc(CC(=O)O)cc2)c1. The van der Waals surface area contributed by atoms with Gasteiger partial charge in [-0.05, 0) is 34.7 Å². The molecule has 21 heavy (non-hydrogen) atoms. The number of aliphatic carboxylic acids is 1. The lowest BCUT2D eigenvalue weighted by Gasteiger charge is -2.10. The van der Waals surface area contributed by atoms with Gasteiger partial charge >= 0.3 is 5.97 Å². The molecule has 3 nitrogen and oxygen atoms in total. The lowest BCUT2D eigenvalue weighted by atomic mass is 10.0. The van der Waals surface area contributed by atoms with Gasteiger partial charge in [-0.2, -0.15) is 0 Å². The Morgan fingerprint density at radius 3 is 2.38 bits per heavy atom. The number of carbonyl (C=O) groups is 1. The maximum Gasteiger partial charge on any atom is 0.307 e. The van der Waals surface area contributed by atoms with Gasteiger partial charge in [-0.1, -0.05) is 50.2 Å². The molecule has 2 aromatic rings. The molecule has 0 fully saturated rings. The summed E-state index contributed by atoms with van der Waals surface area (Å²) in [6, 6.07) is 15.6. The predicted octanol–water partition coefficient (Wildman–Crippen LogP) is 4.02. The molecule has 0 spiro atoms. The van der Waals surface area contributed by atoms with E-state index in [0.717, 1.165) is 16.9 Å². The summed E-state index contributed by atoms with van der Waals surface area (Å²) in [5.74, 6) is 0.518. The second kappa shape index (κ2) is 6.93. The topological polar surface area (TPSA) is 46.5 Å². The van der Waals surface area contributed by atoms with E-state index in [1.165, 1.54) is 5.56 Å². The van der Waals surface area contributed by atoms with Crippen LogP contribution in [0.3, 0.4) is 0 Å². The normalized spacial score (nSPS) is 10.6. The average Bonchev–Trinajstić information content (AvgIpc) is 2.46. The summed E-state index contributed by atoms with van der Waals surface area (Å²) >= 11 is 0. The van der Waals surface area contributed by atoms with Gasteiger partial charge in [0.05, 0.1) is 6.42 Å². The third kappa shape index (κ3) is 4.63. The summed E-state index contributed by atoms with van der Waals surface area (Å²) in [6.45, 7) is 4.79. The van der Waals surface area contributed by atoms with Crippen molar-refractivity contribution in [3.8, 4) is 5.75 Å². The quantitative estimate of drug-likeness (QED) is 0.871. The van der Waals surface area contributed by atoms with Crippen LogP contribution in [-0.2, 0) is 17.8 Å². The standard InChI is InChI=1S/C18H20O3/c1-13(2)16-4-3-5-17(11-16)21-12-15-8-6-14(7-9-15)10-18(19)20/h3-9,11,13H,10,12H2,1-2H3,(H,19,20). The van der Waals surface area contributed by atoms with E-state index < -0.39 is 5.97 Å². The van der Waals surface area contributed by atoms with Crippen LogP contribution >= 0.6 is 0 Å². The summed E-state index contributed by atoms with van der Waals surface area (Å²) in [6.07, 6.45) is 0.0531. The number of rotatable bonds is 6. The lowest BCUT2D eigenvalue weighted by molar-refractivity contribution is -0.136. The van der Waals surface area contributed by atoms with Gasteiger partial charge in [0.2, 0.25) is 0 Å². The number of carboxylic acid groups (broad SMARTS) is 1. The van der Waals surface area contributed by atoms with Gasteiger partial charge in [-0.25, -0.2) is 0 Å². The molecule has 0 bridgehead atoms. The Morgan fingerprint density at radius 1 is 1.10 bits per heavy atom. The molecule has 2 rings (SSSR count). The molecule has 0 aromatic heterocycles. The number of benzene rings is 2. The highest BCUT2D eigenvalue weighted by molar-refractivity contribution is 5.70. The second-order valence-corrected chi connectivity index (χ2v) is 5.40. The number of hydrogen-bond acceptors (Lipinski definition) is 2.